The molecule has 0 fully saturated rings. The molecule has 5 heteroatoms. The molecule has 0 radical (unpaired) electrons. The topological polar surface area (TPSA) is 27.7 Å². The van der Waals surface area contributed by atoms with Gasteiger partial charge >= 0.3 is 8.08 Å². The van der Waals surface area contributed by atoms with Crippen LogP contribution >= 0.6 is 0 Å². The smallest absolute Gasteiger partial charge is 0.387 e. The van der Waals surface area contributed by atoms with Gasteiger partial charge in [-0.25, -0.2) is 0 Å². The van der Waals surface area contributed by atoms with Crippen LogP contribution < -0.4 is 10.4 Å². The standard InChI is InChI=1S/C16H22O3Si2/c1-17-20(4,15-11-7-5-8-12-15)21(18-2,19-3)16-13-9-6-10-14-16/h5-14H,1-4H3. The summed E-state index contributed by atoms with van der Waals surface area (Å²) in [5.74, 6) is 0. The van der Waals surface area contributed by atoms with Crippen LogP contribution in [-0.2, 0) is 13.3 Å². The lowest BCUT2D eigenvalue weighted by atomic mass is 10.4. The predicted molar refractivity (Wildman–Crippen MR) is 90.6 cm³/mol. The molecule has 2 rings (SSSR count). The second-order valence-corrected chi connectivity index (χ2v) is 15.5. The fourth-order valence-corrected chi connectivity index (χ4v) is 14.1. The molecular formula is C16H22O3Si2. The summed E-state index contributed by atoms with van der Waals surface area (Å²) in [6.45, 7) is 2.18. The van der Waals surface area contributed by atoms with Crippen LogP contribution in [0.2, 0.25) is 6.55 Å². The normalized spacial score (nSPS) is 14.7. The minimum Gasteiger partial charge on any atom is -0.413 e. The third kappa shape index (κ3) is 2.63. The summed E-state index contributed by atoms with van der Waals surface area (Å²) < 4.78 is 18.2. The van der Waals surface area contributed by atoms with Gasteiger partial charge < -0.3 is 13.3 Å². The third-order valence-corrected chi connectivity index (χ3v) is 17.2. The Hall–Kier alpha value is -1.25. The molecule has 1 atom stereocenters. The van der Waals surface area contributed by atoms with Gasteiger partial charge in [0, 0.05) is 21.3 Å². The molecule has 3 nitrogen and oxygen atoms in total. The van der Waals surface area contributed by atoms with Gasteiger partial charge in [0.25, 0.3) is 7.83 Å². The molecule has 0 N–H and O–H groups in total. The Labute approximate surface area is 128 Å². The number of benzene rings is 2. The second-order valence-electron chi connectivity index (χ2n) is 4.99. The van der Waals surface area contributed by atoms with Crippen LogP contribution in [0, 0.1) is 0 Å². The van der Waals surface area contributed by atoms with Crippen molar-refractivity contribution in [2.45, 2.75) is 6.55 Å². The van der Waals surface area contributed by atoms with Crippen molar-refractivity contribution in [3.63, 3.8) is 0 Å². The van der Waals surface area contributed by atoms with Crippen LogP contribution in [0.4, 0.5) is 0 Å². The van der Waals surface area contributed by atoms with Gasteiger partial charge in [0.05, 0.1) is 0 Å². The molecule has 1 unspecified atom stereocenters. The first-order valence-corrected chi connectivity index (χ1v) is 12.1. The van der Waals surface area contributed by atoms with Crippen molar-refractivity contribution in [3.05, 3.63) is 60.7 Å². The van der Waals surface area contributed by atoms with Crippen LogP contribution in [0.3, 0.4) is 0 Å². The molecule has 0 aromatic heterocycles. The molecule has 0 heterocycles. The first kappa shape index (κ1) is 16.1. The number of hydrogen-bond acceptors (Lipinski definition) is 3. The highest BCUT2D eigenvalue weighted by atomic mass is 29.3. The Balaban J connectivity index is 2.64. The highest BCUT2D eigenvalue weighted by Gasteiger charge is 2.60. The van der Waals surface area contributed by atoms with Crippen molar-refractivity contribution in [1.82, 2.24) is 0 Å². The van der Waals surface area contributed by atoms with Crippen molar-refractivity contribution in [2.75, 3.05) is 21.3 Å². The van der Waals surface area contributed by atoms with E-state index in [-0.39, 0.29) is 0 Å². The lowest BCUT2D eigenvalue weighted by molar-refractivity contribution is 0.264. The molecule has 0 aliphatic heterocycles. The summed E-state index contributed by atoms with van der Waals surface area (Å²) in [6.07, 6.45) is 0. The Kier molecular flexibility index (Phi) is 5.13. The van der Waals surface area contributed by atoms with Crippen LogP contribution in [0.1, 0.15) is 0 Å². The van der Waals surface area contributed by atoms with Gasteiger partial charge in [0.2, 0.25) is 0 Å². The molecule has 0 spiro atoms. The number of hydrogen-bond donors (Lipinski definition) is 0. The summed E-state index contributed by atoms with van der Waals surface area (Å²) in [6, 6.07) is 20.5. The van der Waals surface area contributed by atoms with Gasteiger partial charge in [0.15, 0.2) is 0 Å². The SMILES string of the molecule is CO[Si](C)(c1ccccc1)[Si](OC)(OC)c1ccccc1. The third-order valence-electron chi connectivity index (χ3n) is 4.09. The fourth-order valence-electron chi connectivity index (χ4n) is 2.84. The van der Waals surface area contributed by atoms with E-state index in [1.165, 1.54) is 5.19 Å². The van der Waals surface area contributed by atoms with E-state index in [9.17, 15) is 0 Å². The van der Waals surface area contributed by atoms with E-state index < -0.39 is 15.9 Å². The maximum absolute atomic E-state index is 6.08. The summed E-state index contributed by atoms with van der Waals surface area (Å²) in [4.78, 5) is 0. The van der Waals surface area contributed by atoms with Gasteiger partial charge in [-0.1, -0.05) is 60.7 Å². The minimum absolute atomic E-state index is 1.11. The van der Waals surface area contributed by atoms with Gasteiger partial charge in [-0.05, 0) is 16.9 Å². The average molecular weight is 319 g/mol. The maximum Gasteiger partial charge on any atom is 0.387 e. The molecule has 0 saturated carbocycles. The summed E-state index contributed by atoms with van der Waals surface area (Å²) in [5.41, 5.74) is 0. The van der Waals surface area contributed by atoms with Crippen molar-refractivity contribution in [1.29, 1.82) is 0 Å². The van der Waals surface area contributed by atoms with Gasteiger partial charge in [-0.3, -0.25) is 0 Å². The Bertz CT molecular complexity index is 558. The molecule has 21 heavy (non-hydrogen) atoms. The van der Waals surface area contributed by atoms with Gasteiger partial charge in [-0.15, -0.1) is 0 Å². The zero-order valence-corrected chi connectivity index (χ0v) is 15.0. The molecular weight excluding hydrogens is 296 g/mol. The van der Waals surface area contributed by atoms with Crippen molar-refractivity contribution >= 4 is 26.3 Å². The Morgan fingerprint density at radius 1 is 0.619 bits per heavy atom. The van der Waals surface area contributed by atoms with Gasteiger partial charge in [-0.2, -0.15) is 0 Å². The van der Waals surface area contributed by atoms with Crippen molar-refractivity contribution in [3.8, 4) is 0 Å². The van der Waals surface area contributed by atoms with E-state index in [1.54, 1.807) is 21.3 Å². The molecule has 0 saturated heterocycles. The van der Waals surface area contributed by atoms with Crippen LogP contribution in [-0.4, -0.2) is 37.2 Å². The summed E-state index contributed by atoms with van der Waals surface area (Å²) in [7, 11) is 0.107. The molecule has 2 aromatic carbocycles. The Morgan fingerprint density at radius 3 is 1.43 bits per heavy atom. The molecule has 112 valence electrons. The maximum atomic E-state index is 6.08. The van der Waals surface area contributed by atoms with Crippen LogP contribution in [0.5, 0.6) is 0 Å². The largest absolute Gasteiger partial charge is 0.413 e. The van der Waals surface area contributed by atoms with Crippen molar-refractivity contribution in [2.24, 2.45) is 0 Å². The fraction of sp³-hybridized carbons (Fsp3) is 0.250. The monoisotopic (exact) mass is 318 g/mol. The van der Waals surface area contributed by atoms with E-state index in [0.717, 1.165) is 5.19 Å². The van der Waals surface area contributed by atoms with Crippen molar-refractivity contribution < 1.29 is 13.3 Å². The molecule has 0 amide bonds. The molecule has 0 aliphatic carbocycles. The predicted octanol–water partition coefficient (Wildman–Crippen LogP) is 1.84. The zero-order valence-electron chi connectivity index (χ0n) is 13.0. The zero-order chi connectivity index (χ0) is 15.3. The van der Waals surface area contributed by atoms with Crippen LogP contribution in [0.15, 0.2) is 60.7 Å². The molecule has 0 bridgehead atoms. The average Bonchev–Trinajstić information content (AvgIpc) is 2.58. The quantitative estimate of drug-likeness (QED) is 0.761. The van der Waals surface area contributed by atoms with E-state index in [2.05, 4.69) is 30.8 Å². The lowest BCUT2D eigenvalue weighted by Gasteiger charge is -2.40. The summed E-state index contributed by atoms with van der Waals surface area (Å²) >= 11 is 0. The highest BCUT2D eigenvalue weighted by molar-refractivity contribution is 7.44. The van der Waals surface area contributed by atoms with E-state index >= 15 is 0 Å². The first-order chi connectivity index (χ1) is 10.1. The Morgan fingerprint density at radius 2 is 1.05 bits per heavy atom. The van der Waals surface area contributed by atoms with E-state index in [0.29, 0.717) is 0 Å². The second kappa shape index (κ2) is 6.68. The highest BCUT2D eigenvalue weighted by Crippen LogP contribution is 2.22. The van der Waals surface area contributed by atoms with E-state index in [4.69, 9.17) is 13.3 Å². The van der Waals surface area contributed by atoms with Crippen LogP contribution in [0.25, 0.3) is 0 Å². The summed E-state index contributed by atoms with van der Waals surface area (Å²) in [5, 5.41) is 2.29. The minimum atomic E-state index is -2.70. The van der Waals surface area contributed by atoms with E-state index in [1.807, 2.05) is 36.4 Å². The molecule has 0 aliphatic rings. The first-order valence-electron chi connectivity index (χ1n) is 6.91. The molecule has 2 aromatic rings. The van der Waals surface area contributed by atoms with Gasteiger partial charge in [0.1, 0.15) is 0 Å². The lowest BCUT2D eigenvalue weighted by Crippen LogP contribution is -2.77. The number of rotatable bonds is 6.